The van der Waals surface area contributed by atoms with E-state index in [0.717, 1.165) is 19.3 Å². The highest BCUT2D eigenvalue weighted by Crippen LogP contribution is 2.28. The summed E-state index contributed by atoms with van der Waals surface area (Å²) in [7, 11) is 0. The fourth-order valence-electron chi connectivity index (χ4n) is 4.79. The minimum atomic E-state index is -0.737. The number of H-pyrrole nitrogens is 1. The first kappa shape index (κ1) is 23.3. The largest absolute Gasteiger partial charge is 0.490 e. The van der Waals surface area contributed by atoms with Gasteiger partial charge in [0.15, 0.2) is 11.6 Å². The van der Waals surface area contributed by atoms with E-state index < -0.39 is 18.4 Å². The highest BCUT2D eigenvalue weighted by atomic mass is 19.1. The van der Waals surface area contributed by atoms with Crippen LogP contribution in [0, 0.1) is 5.82 Å². The highest BCUT2D eigenvalue weighted by Gasteiger charge is 2.27. The Kier molecular flexibility index (Phi) is 5.90. The molecule has 11 heteroatoms. The van der Waals surface area contributed by atoms with E-state index in [2.05, 4.69) is 20.4 Å². The molecule has 3 heterocycles. The summed E-state index contributed by atoms with van der Waals surface area (Å²) in [5, 5.41) is 15.7. The number of halogens is 2. The maximum absolute atomic E-state index is 14.8. The lowest BCUT2D eigenvalue weighted by atomic mass is 9.96. The van der Waals surface area contributed by atoms with Crippen molar-refractivity contribution < 1.29 is 18.3 Å². The second-order valence-electron chi connectivity index (χ2n) is 9.41. The zero-order valence-electron chi connectivity index (χ0n) is 19.9. The summed E-state index contributed by atoms with van der Waals surface area (Å²) in [6, 6.07) is 9.68. The van der Waals surface area contributed by atoms with Gasteiger partial charge in [-0.1, -0.05) is 6.07 Å². The van der Waals surface area contributed by atoms with Gasteiger partial charge in [-0.25, -0.2) is 13.9 Å². The van der Waals surface area contributed by atoms with E-state index in [-0.39, 0.29) is 42.6 Å². The number of nitrogens with one attached hydrogen (secondary N) is 1. The monoisotopic (exact) mass is 506 g/mol. The topological polar surface area (TPSA) is 106 Å². The molecule has 1 saturated carbocycles. The number of amides is 1. The van der Waals surface area contributed by atoms with Crippen molar-refractivity contribution in [2.75, 3.05) is 6.54 Å². The number of ether oxygens (including phenoxy) is 1. The van der Waals surface area contributed by atoms with Gasteiger partial charge in [0, 0.05) is 24.9 Å². The van der Waals surface area contributed by atoms with Crippen LogP contribution in [0.5, 0.6) is 5.75 Å². The Morgan fingerprint density at radius 3 is 2.76 bits per heavy atom. The summed E-state index contributed by atoms with van der Waals surface area (Å²) in [5.41, 5.74) is 0.871. The van der Waals surface area contributed by atoms with Gasteiger partial charge in [-0.15, -0.1) is 10.2 Å². The van der Waals surface area contributed by atoms with Crippen LogP contribution < -0.4 is 10.3 Å². The molecule has 1 aliphatic carbocycles. The van der Waals surface area contributed by atoms with E-state index in [4.69, 9.17) is 4.74 Å². The van der Waals surface area contributed by atoms with Crippen molar-refractivity contribution in [2.45, 2.75) is 51.6 Å². The minimum absolute atomic E-state index is 0.0704. The average molecular weight is 507 g/mol. The number of nitrogens with zero attached hydrogens (tertiary/aromatic N) is 5. The number of aromatic amines is 1. The zero-order chi connectivity index (χ0) is 25.5. The number of aromatic nitrogens is 5. The molecule has 1 N–H and O–H groups in total. The van der Waals surface area contributed by atoms with E-state index in [0.29, 0.717) is 40.1 Å². The number of benzene rings is 2. The third-order valence-electron chi connectivity index (χ3n) is 7.06. The minimum Gasteiger partial charge on any atom is -0.490 e. The lowest BCUT2D eigenvalue weighted by molar-refractivity contribution is 0.0701. The predicted molar refractivity (Wildman–Crippen MR) is 129 cm³/mol. The number of hydrogen-bond donors (Lipinski definition) is 1. The molecule has 1 aliphatic heterocycles. The lowest BCUT2D eigenvalue weighted by Gasteiger charge is -2.28. The molecule has 37 heavy (non-hydrogen) atoms. The van der Waals surface area contributed by atoms with Crippen LogP contribution in [0.2, 0.25) is 0 Å². The Bertz CT molecular complexity index is 1560. The second kappa shape index (κ2) is 9.38. The maximum Gasteiger partial charge on any atom is 0.272 e. The van der Waals surface area contributed by atoms with Gasteiger partial charge in [-0.05, 0) is 55.2 Å². The molecule has 0 atom stereocenters. The molecule has 1 fully saturated rings. The highest BCUT2D eigenvalue weighted by molar-refractivity contribution is 5.94. The molecular weight excluding hydrogens is 482 g/mol. The first-order valence-electron chi connectivity index (χ1n) is 12.2. The van der Waals surface area contributed by atoms with Crippen LogP contribution in [0.3, 0.4) is 0 Å². The molecule has 2 aromatic heterocycles. The smallest absolute Gasteiger partial charge is 0.272 e. The Labute approximate surface area is 210 Å². The number of rotatable bonds is 6. The van der Waals surface area contributed by atoms with Crippen molar-refractivity contribution in [1.29, 1.82) is 0 Å². The summed E-state index contributed by atoms with van der Waals surface area (Å²) in [4.78, 5) is 27.1. The molecule has 0 spiro atoms. The van der Waals surface area contributed by atoms with E-state index in [1.165, 1.54) is 17.0 Å². The number of hydrogen-bond acceptors (Lipinski definition) is 6. The van der Waals surface area contributed by atoms with Gasteiger partial charge in [0.1, 0.15) is 18.2 Å². The van der Waals surface area contributed by atoms with Crippen LogP contribution in [0.1, 0.15) is 52.5 Å². The van der Waals surface area contributed by atoms with Crippen LogP contribution in [0.25, 0.3) is 10.8 Å². The van der Waals surface area contributed by atoms with Crippen LogP contribution in [0.15, 0.2) is 41.2 Å². The third kappa shape index (κ3) is 4.34. The van der Waals surface area contributed by atoms with Gasteiger partial charge in [0.25, 0.3) is 11.5 Å². The van der Waals surface area contributed by atoms with Gasteiger partial charge in [-0.3, -0.25) is 9.59 Å². The summed E-state index contributed by atoms with van der Waals surface area (Å²) in [6.45, 7) is 0.00822. The molecule has 9 nitrogen and oxygen atoms in total. The third-order valence-corrected chi connectivity index (χ3v) is 7.06. The Morgan fingerprint density at radius 2 is 1.97 bits per heavy atom. The van der Waals surface area contributed by atoms with E-state index in [9.17, 15) is 18.4 Å². The Balaban J connectivity index is 1.27. The van der Waals surface area contributed by atoms with Gasteiger partial charge >= 0.3 is 0 Å². The number of fused-ring (bicyclic) bond motifs is 2. The first-order chi connectivity index (χ1) is 18.0. The van der Waals surface area contributed by atoms with E-state index in [1.807, 2.05) is 6.07 Å². The van der Waals surface area contributed by atoms with Crippen molar-refractivity contribution in [3.8, 4) is 5.75 Å². The summed E-state index contributed by atoms with van der Waals surface area (Å²) < 4.78 is 35.5. The molecule has 0 unspecified atom stereocenters. The standard InChI is InChI=1S/C26H24F2N6O3/c27-13-23-30-31-24-14-33(8-9-34(23)24)26(36)20-10-15(4-7-21(20)28)11-22-19-12-17(37-16-2-1-3-16)5-6-18(19)25(35)32-29-22/h4-7,10,12,16H,1-3,8-9,11,13-14H2,(H,32,35). The van der Waals surface area contributed by atoms with E-state index >= 15 is 0 Å². The second-order valence-corrected chi connectivity index (χ2v) is 9.41. The van der Waals surface area contributed by atoms with Crippen LogP contribution >= 0.6 is 0 Å². The summed E-state index contributed by atoms with van der Waals surface area (Å²) in [6.07, 6.45) is 3.63. The molecule has 1 amide bonds. The summed E-state index contributed by atoms with van der Waals surface area (Å²) >= 11 is 0. The van der Waals surface area contributed by atoms with Crippen LogP contribution in [-0.4, -0.2) is 48.4 Å². The van der Waals surface area contributed by atoms with Crippen molar-refractivity contribution in [1.82, 2.24) is 29.9 Å². The Hall–Kier alpha value is -4.15. The van der Waals surface area contributed by atoms with Gasteiger partial charge in [-0.2, -0.15) is 5.10 Å². The SMILES string of the molecule is O=C(c1cc(Cc2n[nH]c(=O)c3ccc(OC4CCC4)cc23)ccc1F)N1CCn2c(CF)nnc2C1. The van der Waals surface area contributed by atoms with E-state index in [1.54, 1.807) is 22.8 Å². The molecule has 190 valence electrons. The molecule has 2 aliphatic rings. The van der Waals surface area contributed by atoms with Gasteiger partial charge in [0.2, 0.25) is 0 Å². The molecular formula is C26H24F2N6O3. The van der Waals surface area contributed by atoms with Crippen molar-refractivity contribution in [2.24, 2.45) is 0 Å². The first-order valence-corrected chi connectivity index (χ1v) is 12.2. The predicted octanol–water partition coefficient (Wildman–Crippen LogP) is 3.30. The molecule has 2 aromatic carbocycles. The molecule has 0 saturated heterocycles. The fraction of sp³-hybridized carbons (Fsp3) is 0.346. The molecule has 0 radical (unpaired) electrons. The quantitative estimate of drug-likeness (QED) is 0.430. The van der Waals surface area contributed by atoms with Crippen molar-refractivity contribution in [3.63, 3.8) is 0 Å². The van der Waals surface area contributed by atoms with Crippen LogP contribution in [0.4, 0.5) is 8.78 Å². The zero-order valence-corrected chi connectivity index (χ0v) is 19.9. The van der Waals surface area contributed by atoms with Crippen molar-refractivity contribution >= 4 is 16.7 Å². The number of alkyl halides is 1. The number of carbonyl (C=O) groups is 1. The fourth-order valence-corrected chi connectivity index (χ4v) is 4.79. The molecule has 4 aromatic rings. The number of carbonyl (C=O) groups excluding carboxylic acids is 1. The maximum atomic E-state index is 14.8. The summed E-state index contributed by atoms with van der Waals surface area (Å²) in [5.74, 6) is 0.242. The average Bonchev–Trinajstić information content (AvgIpc) is 3.31. The van der Waals surface area contributed by atoms with Crippen molar-refractivity contribution in [3.05, 3.63) is 81.0 Å². The normalized spacial score (nSPS) is 15.5. The van der Waals surface area contributed by atoms with Crippen LogP contribution in [-0.2, 0) is 26.2 Å². The molecule has 6 rings (SSSR count). The Morgan fingerprint density at radius 1 is 1.11 bits per heavy atom. The van der Waals surface area contributed by atoms with Gasteiger partial charge in [0.05, 0.1) is 29.3 Å². The van der Waals surface area contributed by atoms with Gasteiger partial charge < -0.3 is 14.2 Å². The molecule has 0 bridgehead atoms. The lowest BCUT2D eigenvalue weighted by Crippen LogP contribution is -2.39.